The number of amides is 2. The zero-order chi connectivity index (χ0) is 26.7. The van der Waals surface area contributed by atoms with Gasteiger partial charge in [-0.25, -0.2) is 0 Å². The van der Waals surface area contributed by atoms with Gasteiger partial charge in [0.15, 0.2) is 23.1 Å². The minimum atomic E-state index is -0.723. The van der Waals surface area contributed by atoms with Gasteiger partial charge >= 0.3 is 0 Å². The molecule has 6 rings (SSSR count). The first kappa shape index (κ1) is 24.1. The van der Waals surface area contributed by atoms with Gasteiger partial charge in [0.1, 0.15) is 0 Å². The molecule has 4 aliphatic rings. The molecule has 4 unspecified atom stereocenters. The Morgan fingerprint density at radius 2 is 1.74 bits per heavy atom. The molecule has 1 fully saturated rings. The fourth-order valence-corrected chi connectivity index (χ4v) is 6.59. The van der Waals surface area contributed by atoms with E-state index in [0.29, 0.717) is 41.0 Å². The first-order valence-electron chi connectivity index (χ1n) is 12.9. The van der Waals surface area contributed by atoms with E-state index in [1.54, 1.807) is 49.4 Å². The van der Waals surface area contributed by atoms with E-state index in [0.717, 1.165) is 5.57 Å². The van der Waals surface area contributed by atoms with Gasteiger partial charge in [-0.05, 0) is 56.9 Å². The highest BCUT2D eigenvalue weighted by atomic mass is 16.5. The third-order valence-electron chi connectivity index (χ3n) is 8.22. The van der Waals surface area contributed by atoms with Crippen LogP contribution in [0.4, 0.5) is 5.69 Å². The van der Waals surface area contributed by atoms with Gasteiger partial charge in [-0.1, -0.05) is 42.0 Å². The van der Waals surface area contributed by atoms with Gasteiger partial charge < -0.3 is 9.84 Å². The van der Waals surface area contributed by atoms with Crippen LogP contribution in [0.5, 0.6) is 11.5 Å². The molecule has 0 bridgehead atoms. The number of imide groups is 1. The monoisotopic (exact) mass is 509 g/mol. The molecule has 38 heavy (non-hydrogen) atoms. The molecule has 1 aliphatic heterocycles. The van der Waals surface area contributed by atoms with Crippen LogP contribution in [0, 0.1) is 17.8 Å². The number of Topliss-reactive ketones (excluding diaryl/α,β-unsaturated/α-hetero) is 1. The second-order valence-electron chi connectivity index (χ2n) is 10.2. The Hall–Kier alpha value is -4.26. The predicted molar refractivity (Wildman–Crippen MR) is 140 cm³/mol. The number of para-hydroxylation sites is 2. The smallest absolute Gasteiger partial charge is 0.238 e. The molecular weight excluding hydrogens is 482 g/mol. The van der Waals surface area contributed by atoms with Crippen molar-refractivity contribution in [1.82, 2.24) is 0 Å². The second-order valence-corrected chi connectivity index (χ2v) is 10.2. The van der Waals surface area contributed by atoms with Gasteiger partial charge in [0.25, 0.3) is 0 Å². The number of nitrogens with zero attached hydrogens (tertiary/aromatic N) is 1. The highest BCUT2D eigenvalue weighted by molar-refractivity contribution is 6.25. The Labute approximate surface area is 220 Å². The lowest BCUT2D eigenvalue weighted by molar-refractivity contribution is -0.123. The molecule has 0 spiro atoms. The van der Waals surface area contributed by atoms with Crippen LogP contribution in [-0.2, 0) is 19.2 Å². The van der Waals surface area contributed by atoms with Crippen LogP contribution in [0.25, 0.3) is 0 Å². The summed E-state index contributed by atoms with van der Waals surface area (Å²) in [5.41, 5.74) is 2.81. The molecule has 2 aromatic rings. The van der Waals surface area contributed by atoms with E-state index in [9.17, 15) is 24.3 Å². The fourth-order valence-electron chi connectivity index (χ4n) is 6.59. The highest BCUT2D eigenvalue weighted by Gasteiger charge is 2.56. The lowest BCUT2D eigenvalue weighted by Gasteiger charge is -2.42. The van der Waals surface area contributed by atoms with E-state index in [1.165, 1.54) is 11.0 Å². The van der Waals surface area contributed by atoms with Gasteiger partial charge in [0, 0.05) is 28.2 Å². The summed E-state index contributed by atoms with van der Waals surface area (Å²) in [6, 6.07) is 14.0. The topological polar surface area (TPSA) is 101 Å². The number of rotatable bonds is 4. The second kappa shape index (κ2) is 8.94. The van der Waals surface area contributed by atoms with E-state index in [1.807, 2.05) is 19.1 Å². The molecule has 2 amide bonds. The van der Waals surface area contributed by atoms with Crippen LogP contribution in [0.3, 0.4) is 0 Å². The number of hydrogen-bond acceptors (Lipinski definition) is 6. The molecule has 0 aromatic heterocycles. The molecule has 1 heterocycles. The van der Waals surface area contributed by atoms with Gasteiger partial charge in [0.05, 0.1) is 24.1 Å². The molecule has 1 saturated heterocycles. The van der Waals surface area contributed by atoms with Crippen LogP contribution in [0.1, 0.15) is 38.2 Å². The highest BCUT2D eigenvalue weighted by Crippen LogP contribution is 2.57. The summed E-state index contributed by atoms with van der Waals surface area (Å²) in [5.74, 6) is -3.25. The van der Waals surface area contributed by atoms with Crippen molar-refractivity contribution in [3.63, 3.8) is 0 Å². The lowest BCUT2D eigenvalue weighted by Crippen LogP contribution is -2.39. The van der Waals surface area contributed by atoms with Crippen molar-refractivity contribution in [3.8, 4) is 11.5 Å². The number of phenols is 1. The maximum atomic E-state index is 13.8. The number of ether oxygens (including phenoxy) is 1. The molecule has 7 heteroatoms. The number of phenolic OH excluding ortho intramolecular Hbond substituents is 1. The van der Waals surface area contributed by atoms with E-state index in [2.05, 4.69) is 0 Å². The van der Waals surface area contributed by atoms with Crippen LogP contribution >= 0.6 is 0 Å². The zero-order valence-corrected chi connectivity index (χ0v) is 21.1. The summed E-state index contributed by atoms with van der Waals surface area (Å²) in [6.07, 6.45) is 3.83. The quantitative estimate of drug-likeness (QED) is 0.372. The Morgan fingerprint density at radius 3 is 2.47 bits per heavy atom. The molecule has 2 aromatic carbocycles. The molecule has 1 N–H and O–H groups in total. The van der Waals surface area contributed by atoms with Crippen molar-refractivity contribution in [3.05, 3.63) is 88.5 Å². The summed E-state index contributed by atoms with van der Waals surface area (Å²) in [5, 5.41) is 11.2. The lowest BCUT2D eigenvalue weighted by atomic mass is 9.59. The Kier molecular flexibility index (Phi) is 5.67. The first-order chi connectivity index (χ1) is 18.3. The maximum absolute atomic E-state index is 13.8. The molecule has 0 saturated carbocycles. The number of carbonyl (C=O) groups excluding carboxylic acids is 4. The molecule has 0 radical (unpaired) electrons. The number of fused-ring (bicyclic) bond motifs is 3. The molecule has 4 atom stereocenters. The van der Waals surface area contributed by atoms with Gasteiger partial charge in [-0.15, -0.1) is 0 Å². The first-order valence-corrected chi connectivity index (χ1v) is 12.9. The SMILES string of the molecule is CCOc1cccc(C2C3=CCC4C(=O)N(c5ccccc5)C(=O)C4C3CC3=C2C(=O)C(C)=CC3=O)c1O. The number of ketones is 2. The number of anilines is 1. The number of aromatic hydroxyl groups is 1. The molecule has 192 valence electrons. The number of benzene rings is 2. The number of hydrogen-bond donors (Lipinski definition) is 1. The van der Waals surface area contributed by atoms with Gasteiger partial charge in [0.2, 0.25) is 11.8 Å². The van der Waals surface area contributed by atoms with Crippen LogP contribution < -0.4 is 9.64 Å². The van der Waals surface area contributed by atoms with Crippen molar-refractivity contribution in [2.45, 2.75) is 32.6 Å². The van der Waals surface area contributed by atoms with Crippen molar-refractivity contribution in [1.29, 1.82) is 0 Å². The van der Waals surface area contributed by atoms with E-state index in [-0.39, 0.29) is 41.3 Å². The number of carbonyl (C=O) groups is 4. The van der Waals surface area contributed by atoms with Crippen molar-refractivity contribution < 1.29 is 29.0 Å². The maximum Gasteiger partial charge on any atom is 0.238 e. The Balaban J connectivity index is 1.51. The predicted octanol–water partition coefficient (Wildman–Crippen LogP) is 4.43. The third kappa shape index (κ3) is 3.41. The molecule has 7 nitrogen and oxygen atoms in total. The molecular formula is C31H27NO6. The number of allylic oxidation sites excluding steroid dienone is 6. The van der Waals surface area contributed by atoms with E-state index >= 15 is 0 Å². The summed E-state index contributed by atoms with van der Waals surface area (Å²) >= 11 is 0. The Bertz CT molecular complexity index is 1500. The van der Waals surface area contributed by atoms with Crippen molar-refractivity contribution in [2.24, 2.45) is 17.8 Å². The summed E-state index contributed by atoms with van der Waals surface area (Å²) in [7, 11) is 0. The Morgan fingerprint density at radius 1 is 0.974 bits per heavy atom. The molecule has 3 aliphatic carbocycles. The summed E-state index contributed by atoms with van der Waals surface area (Å²) in [4.78, 5) is 55.3. The van der Waals surface area contributed by atoms with E-state index < -0.39 is 23.7 Å². The minimum Gasteiger partial charge on any atom is -0.504 e. The van der Waals surface area contributed by atoms with Gasteiger partial charge in [-0.2, -0.15) is 0 Å². The van der Waals surface area contributed by atoms with Crippen LogP contribution in [-0.4, -0.2) is 35.1 Å². The standard InChI is InChI=1S/C31H27NO6/c1-3-38-24-11-7-10-19(29(24)35)25-18-12-13-20-26(31(37)32(30(20)36)17-8-5-4-6-9-17)21(18)15-22-23(33)14-16(2)28(34)27(22)25/h4-12,14,20-21,25-26,35H,3,13,15H2,1-2H3. The largest absolute Gasteiger partial charge is 0.504 e. The average molecular weight is 510 g/mol. The van der Waals surface area contributed by atoms with Crippen molar-refractivity contribution >= 4 is 29.1 Å². The average Bonchev–Trinajstić information content (AvgIpc) is 3.18. The van der Waals surface area contributed by atoms with Crippen LogP contribution in [0.2, 0.25) is 0 Å². The third-order valence-corrected chi connectivity index (χ3v) is 8.22. The zero-order valence-electron chi connectivity index (χ0n) is 21.1. The normalized spacial score (nSPS) is 26.5. The van der Waals surface area contributed by atoms with Crippen molar-refractivity contribution in [2.75, 3.05) is 11.5 Å². The fraction of sp³-hybridized carbons (Fsp3) is 0.290. The summed E-state index contributed by atoms with van der Waals surface area (Å²) < 4.78 is 5.62. The summed E-state index contributed by atoms with van der Waals surface area (Å²) in [6.45, 7) is 3.77. The minimum absolute atomic E-state index is 0.0953. The van der Waals surface area contributed by atoms with Crippen LogP contribution in [0.15, 0.2) is 83.0 Å². The van der Waals surface area contributed by atoms with Gasteiger partial charge in [-0.3, -0.25) is 24.1 Å². The van der Waals surface area contributed by atoms with E-state index in [4.69, 9.17) is 4.74 Å².